The maximum atomic E-state index is 6.19. The maximum absolute atomic E-state index is 6.19. The molecule has 0 amide bonds. The van der Waals surface area contributed by atoms with Crippen LogP contribution in [0.3, 0.4) is 0 Å². The number of hydrogen-bond acceptors (Lipinski definition) is 4. The molecule has 20 heavy (non-hydrogen) atoms. The molecular weight excluding hydrogens is 252 g/mol. The van der Waals surface area contributed by atoms with Crippen LogP contribution in [-0.2, 0) is 15.9 Å². The fraction of sp³-hybridized carbons (Fsp3) is 0.688. The highest BCUT2D eigenvalue weighted by molar-refractivity contribution is 5.09. The number of hydrogen-bond donors (Lipinski definition) is 1. The molecule has 1 fully saturated rings. The van der Waals surface area contributed by atoms with E-state index in [1.807, 2.05) is 18.3 Å². The summed E-state index contributed by atoms with van der Waals surface area (Å²) in [7, 11) is 0. The van der Waals surface area contributed by atoms with Gasteiger partial charge in [-0.3, -0.25) is 4.98 Å². The summed E-state index contributed by atoms with van der Waals surface area (Å²) in [5, 5.41) is 3.61. The minimum absolute atomic E-state index is 0.124. The highest BCUT2D eigenvalue weighted by Crippen LogP contribution is 2.30. The van der Waals surface area contributed by atoms with E-state index in [-0.39, 0.29) is 11.6 Å². The van der Waals surface area contributed by atoms with Crippen molar-refractivity contribution in [3.05, 3.63) is 30.1 Å². The molecule has 1 saturated heterocycles. The summed E-state index contributed by atoms with van der Waals surface area (Å²) in [4.78, 5) is 4.46. The summed E-state index contributed by atoms with van der Waals surface area (Å²) in [6, 6.07) is 6.37. The predicted octanol–water partition coefficient (Wildman–Crippen LogP) is 2.19. The van der Waals surface area contributed by atoms with Crippen LogP contribution in [0, 0.1) is 0 Å². The molecule has 2 rings (SSSR count). The lowest BCUT2D eigenvalue weighted by Crippen LogP contribution is -2.56. The van der Waals surface area contributed by atoms with E-state index < -0.39 is 0 Å². The number of nitrogens with one attached hydrogen (secondary N) is 1. The van der Waals surface area contributed by atoms with Crippen LogP contribution < -0.4 is 5.32 Å². The molecule has 1 aliphatic heterocycles. The van der Waals surface area contributed by atoms with Crippen LogP contribution in [0.5, 0.6) is 0 Å². The molecule has 1 unspecified atom stereocenters. The molecule has 2 heterocycles. The number of rotatable bonds is 7. The van der Waals surface area contributed by atoms with Gasteiger partial charge in [0.05, 0.1) is 5.60 Å². The molecule has 112 valence electrons. The molecule has 1 aromatic rings. The zero-order valence-corrected chi connectivity index (χ0v) is 12.6. The van der Waals surface area contributed by atoms with Crippen molar-refractivity contribution in [2.45, 2.75) is 44.8 Å². The third-order valence-electron chi connectivity index (χ3n) is 4.00. The lowest BCUT2D eigenvalue weighted by atomic mass is 9.83. The van der Waals surface area contributed by atoms with E-state index in [0.717, 1.165) is 51.3 Å². The number of likely N-dealkylation sites (N-methyl/N-ethyl adjacent to an activating group) is 1. The Balaban J connectivity index is 2.15. The van der Waals surface area contributed by atoms with Gasteiger partial charge in [0.1, 0.15) is 0 Å². The van der Waals surface area contributed by atoms with Crippen molar-refractivity contribution in [1.29, 1.82) is 0 Å². The Hall–Kier alpha value is -0.970. The minimum atomic E-state index is -0.124. The van der Waals surface area contributed by atoms with E-state index >= 15 is 0 Å². The molecule has 0 radical (unpaired) electrons. The van der Waals surface area contributed by atoms with Crippen LogP contribution in [0.4, 0.5) is 0 Å². The quantitative estimate of drug-likeness (QED) is 0.830. The van der Waals surface area contributed by atoms with Crippen LogP contribution in [-0.4, -0.2) is 43.0 Å². The second-order valence-electron chi connectivity index (χ2n) is 5.25. The van der Waals surface area contributed by atoms with E-state index in [9.17, 15) is 0 Å². The van der Waals surface area contributed by atoms with Gasteiger partial charge in [0.2, 0.25) is 0 Å². The van der Waals surface area contributed by atoms with Gasteiger partial charge in [-0.15, -0.1) is 0 Å². The Labute approximate surface area is 121 Å². The van der Waals surface area contributed by atoms with Crippen molar-refractivity contribution in [3.63, 3.8) is 0 Å². The Morgan fingerprint density at radius 2 is 2.15 bits per heavy atom. The van der Waals surface area contributed by atoms with E-state index in [4.69, 9.17) is 9.47 Å². The van der Waals surface area contributed by atoms with E-state index in [1.165, 1.54) is 0 Å². The fourth-order valence-electron chi connectivity index (χ4n) is 3.02. The molecule has 1 N–H and O–H groups in total. The first-order valence-electron chi connectivity index (χ1n) is 7.65. The lowest BCUT2D eigenvalue weighted by Gasteiger charge is -2.43. The number of ether oxygens (including phenoxy) is 2. The average molecular weight is 278 g/mol. The predicted molar refractivity (Wildman–Crippen MR) is 79.8 cm³/mol. The third kappa shape index (κ3) is 3.78. The minimum Gasteiger partial charge on any atom is -0.381 e. The van der Waals surface area contributed by atoms with Crippen molar-refractivity contribution in [1.82, 2.24) is 10.3 Å². The third-order valence-corrected chi connectivity index (χ3v) is 4.00. The van der Waals surface area contributed by atoms with Gasteiger partial charge in [-0.25, -0.2) is 0 Å². The summed E-state index contributed by atoms with van der Waals surface area (Å²) in [5.41, 5.74) is 0.990. The van der Waals surface area contributed by atoms with Crippen molar-refractivity contribution < 1.29 is 9.47 Å². The SMILES string of the molecule is CCNC(Cc1ccccn1)C1(OCC)CCOCC1. The van der Waals surface area contributed by atoms with Gasteiger partial charge in [-0.2, -0.15) is 0 Å². The Morgan fingerprint density at radius 1 is 1.35 bits per heavy atom. The van der Waals surface area contributed by atoms with Gasteiger partial charge in [0.15, 0.2) is 0 Å². The number of nitrogens with zero attached hydrogens (tertiary/aromatic N) is 1. The smallest absolute Gasteiger partial charge is 0.0882 e. The molecule has 4 heteroatoms. The Kier molecular flexibility index (Phi) is 5.95. The molecule has 0 spiro atoms. The molecule has 0 aromatic carbocycles. The van der Waals surface area contributed by atoms with Crippen molar-refractivity contribution in [2.75, 3.05) is 26.4 Å². The monoisotopic (exact) mass is 278 g/mol. The van der Waals surface area contributed by atoms with Crippen LogP contribution in [0.1, 0.15) is 32.4 Å². The zero-order valence-electron chi connectivity index (χ0n) is 12.6. The first-order chi connectivity index (χ1) is 9.80. The van der Waals surface area contributed by atoms with Gasteiger partial charge >= 0.3 is 0 Å². The van der Waals surface area contributed by atoms with Crippen LogP contribution in [0.2, 0.25) is 0 Å². The van der Waals surface area contributed by atoms with Crippen molar-refractivity contribution >= 4 is 0 Å². The molecule has 1 aromatic heterocycles. The molecule has 1 atom stereocenters. The lowest BCUT2D eigenvalue weighted by molar-refractivity contribution is -0.126. The standard InChI is InChI=1S/C16H26N2O2/c1-3-17-15(13-14-7-5-6-10-18-14)16(20-4-2)8-11-19-12-9-16/h5-7,10,15,17H,3-4,8-9,11-13H2,1-2H3. The first-order valence-corrected chi connectivity index (χ1v) is 7.65. The summed E-state index contributed by atoms with van der Waals surface area (Å²) < 4.78 is 11.7. The van der Waals surface area contributed by atoms with E-state index in [1.54, 1.807) is 0 Å². The highest BCUT2D eigenvalue weighted by atomic mass is 16.5. The first kappa shape index (κ1) is 15.4. The Bertz CT molecular complexity index is 372. The maximum Gasteiger partial charge on any atom is 0.0882 e. The summed E-state index contributed by atoms with van der Waals surface area (Å²) in [5.74, 6) is 0. The van der Waals surface area contributed by atoms with Crippen LogP contribution >= 0.6 is 0 Å². The van der Waals surface area contributed by atoms with Gasteiger partial charge < -0.3 is 14.8 Å². The number of pyridine rings is 1. The molecule has 0 bridgehead atoms. The number of aromatic nitrogens is 1. The second-order valence-corrected chi connectivity index (χ2v) is 5.25. The molecular formula is C16H26N2O2. The van der Waals surface area contributed by atoms with Crippen molar-refractivity contribution in [2.24, 2.45) is 0 Å². The average Bonchev–Trinajstić information content (AvgIpc) is 2.49. The van der Waals surface area contributed by atoms with E-state index in [2.05, 4.69) is 30.2 Å². The second kappa shape index (κ2) is 7.72. The topological polar surface area (TPSA) is 43.4 Å². The Morgan fingerprint density at radius 3 is 2.75 bits per heavy atom. The van der Waals surface area contributed by atoms with Gasteiger partial charge in [-0.05, 0) is 25.6 Å². The molecule has 1 aliphatic rings. The summed E-state index contributed by atoms with van der Waals surface area (Å²) >= 11 is 0. The van der Waals surface area contributed by atoms with Crippen LogP contribution in [0.15, 0.2) is 24.4 Å². The fourth-order valence-corrected chi connectivity index (χ4v) is 3.02. The van der Waals surface area contributed by atoms with Gasteiger partial charge in [-0.1, -0.05) is 13.0 Å². The molecule has 4 nitrogen and oxygen atoms in total. The van der Waals surface area contributed by atoms with E-state index in [0.29, 0.717) is 0 Å². The normalized spacial score (nSPS) is 19.7. The molecule has 0 aliphatic carbocycles. The van der Waals surface area contributed by atoms with Gasteiger partial charge in [0.25, 0.3) is 0 Å². The summed E-state index contributed by atoms with van der Waals surface area (Å²) in [6.07, 6.45) is 4.65. The summed E-state index contributed by atoms with van der Waals surface area (Å²) in [6.45, 7) is 7.46. The van der Waals surface area contributed by atoms with Gasteiger partial charge in [0, 0.05) is 57.0 Å². The van der Waals surface area contributed by atoms with Crippen molar-refractivity contribution in [3.8, 4) is 0 Å². The molecule has 0 saturated carbocycles. The largest absolute Gasteiger partial charge is 0.381 e. The van der Waals surface area contributed by atoms with Crippen LogP contribution in [0.25, 0.3) is 0 Å². The zero-order chi connectivity index (χ0) is 14.3. The highest BCUT2D eigenvalue weighted by Gasteiger charge is 2.40.